The van der Waals surface area contributed by atoms with Crippen LogP contribution in [0.2, 0.25) is 5.02 Å². The molecular formula is C7H9ClN4O2. The molecule has 0 spiro atoms. The number of nitrogens with two attached hydrogens (primary N) is 2. The van der Waals surface area contributed by atoms with Crippen molar-refractivity contribution in [2.75, 3.05) is 0 Å². The van der Waals surface area contributed by atoms with Gasteiger partial charge in [-0.1, -0.05) is 11.6 Å². The van der Waals surface area contributed by atoms with E-state index in [-0.39, 0.29) is 6.54 Å². The molecular weight excluding hydrogens is 208 g/mol. The van der Waals surface area contributed by atoms with Gasteiger partial charge in [-0.3, -0.25) is 9.36 Å². The minimum Gasteiger partial charge on any atom is -0.368 e. The molecule has 76 valence electrons. The van der Waals surface area contributed by atoms with E-state index in [9.17, 15) is 9.59 Å². The zero-order valence-electron chi connectivity index (χ0n) is 7.18. The van der Waals surface area contributed by atoms with Gasteiger partial charge in [0.05, 0.1) is 17.8 Å². The predicted octanol–water partition coefficient (Wildman–Crippen LogP) is -1.29. The van der Waals surface area contributed by atoms with Gasteiger partial charge in [0.1, 0.15) is 6.04 Å². The van der Waals surface area contributed by atoms with E-state index in [0.717, 1.165) is 4.57 Å². The van der Waals surface area contributed by atoms with Gasteiger partial charge in [-0.15, -0.1) is 0 Å². The maximum Gasteiger partial charge on any atom is 0.347 e. The molecule has 1 aromatic rings. The maximum atomic E-state index is 11.1. The average molecular weight is 217 g/mol. The number of nitrogens with zero attached hydrogens (tertiary/aromatic N) is 2. The lowest BCUT2D eigenvalue weighted by atomic mass is 10.3. The van der Waals surface area contributed by atoms with Gasteiger partial charge in [-0.25, -0.2) is 9.78 Å². The summed E-state index contributed by atoms with van der Waals surface area (Å²) in [6.07, 6.45) is 2.57. The van der Waals surface area contributed by atoms with Crippen molar-refractivity contribution < 1.29 is 4.79 Å². The summed E-state index contributed by atoms with van der Waals surface area (Å²) in [6.45, 7) is -0.0261. The SMILES string of the molecule is NC(=O)C(N)Cn1cc(Cl)cnc1=O. The molecule has 1 rings (SSSR count). The molecule has 7 heteroatoms. The van der Waals surface area contributed by atoms with E-state index < -0.39 is 17.6 Å². The zero-order chi connectivity index (χ0) is 10.7. The van der Waals surface area contributed by atoms with Gasteiger partial charge >= 0.3 is 5.69 Å². The summed E-state index contributed by atoms with van der Waals surface area (Å²) in [5.41, 5.74) is 9.78. The van der Waals surface area contributed by atoms with Crippen LogP contribution in [0, 0.1) is 0 Å². The Labute approximate surface area is 84.5 Å². The minimum atomic E-state index is -0.923. The van der Waals surface area contributed by atoms with Crippen LogP contribution in [0.1, 0.15) is 0 Å². The Balaban J connectivity index is 2.91. The van der Waals surface area contributed by atoms with Crippen LogP contribution in [-0.4, -0.2) is 21.5 Å². The summed E-state index contributed by atoms with van der Waals surface area (Å²) in [5.74, 6) is -0.683. The average Bonchev–Trinajstić information content (AvgIpc) is 2.11. The number of hydrogen-bond donors (Lipinski definition) is 2. The van der Waals surface area contributed by atoms with Crippen LogP contribution < -0.4 is 17.2 Å². The van der Waals surface area contributed by atoms with E-state index in [4.69, 9.17) is 23.1 Å². The molecule has 0 fully saturated rings. The molecule has 1 atom stereocenters. The van der Waals surface area contributed by atoms with Crippen LogP contribution in [0.5, 0.6) is 0 Å². The number of amides is 1. The lowest BCUT2D eigenvalue weighted by Crippen LogP contribution is -2.42. The van der Waals surface area contributed by atoms with Crippen molar-refractivity contribution in [2.45, 2.75) is 12.6 Å². The second kappa shape index (κ2) is 4.21. The summed E-state index contributed by atoms with van der Waals surface area (Å²) >= 11 is 5.60. The van der Waals surface area contributed by atoms with Gasteiger partial charge in [0.2, 0.25) is 5.91 Å². The van der Waals surface area contributed by atoms with Gasteiger partial charge in [0.25, 0.3) is 0 Å². The number of rotatable bonds is 3. The maximum absolute atomic E-state index is 11.1. The van der Waals surface area contributed by atoms with Crippen molar-refractivity contribution in [2.24, 2.45) is 11.5 Å². The molecule has 6 nitrogen and oxygen atoms in total. The van der Waals surface area contributed by atoms with Crippen LogP contribution in [-0.2, 0) is 11.3 Å². The predicted molar refractivity (Wildman–Crippen MR) is 50.7 cm³/mol. The highest BCUT2D eigenvalue weighted by molar-refractivity contribution is 6.30. The van der Waals surface area contributed by atoms with Crippen LogP contribution in [0.25, 0.3) is 0 Å². The smallest absolute Gasteiger partial charge is 0.347 e. The first kappa shape index (κ1) is 10.7. The standard InChI is InChI=1S/C7H9ClN4O2/c8-4-1-11-7(14)12(2-4)3-5(9)6(10)13/h1-2,5H,3,9H2,(H2,10,13). The fourth-order valence-corrected chi connectivity index (χ4v) is 1.03. The second-order valence-electron chi connectivity index (χ2n) is 2.72. The quantitative estimate of drug-likeness (QED) is 0.656. The first-order valence-electron chi connectivity index (χ1n) is 3.77. The monoisotopic (exact) mass is 216 g/mol. The number of primary amides is 1. The summed E-state index contributed by atoms with van der Waals surface area (Å²) in [4.78, 5) is 25.2. The lowest BCUT2D eigenvalue weighted by molar-refractivity contribution is -0.119. The van der Waals surface area contributed by atoms with Gasteiger partial charge in [-0.05, 0) is 0 Å². The van der Waals surface area contributed by atoms with Gasteiger partial charge in [0.15, 0.2) is 0 Å². The van der Waals surface area contributed by atoms with Gasteiger partial charge in [-0.2, -0.15) is 0 Å². The first-order valence-corrected chi connectivity index (χ1v) is 4.15. The van der Waals surface area contributed by atoms with Crippen molar-refractivity contribution in [1.82, 2.24) is 9.55 Å². The summed E-state index contributed by atoms with van der Waals surface area (Å²) in [6, 6.07) is -0.923. The highest BCUT2D eigenvalue weighted by atomic mass is 35.5. The molecule has 0 aliphatic rings. The van der Waals surface area contributed by atoms with E-state index in [2.05, 4.69) is 4.98 Å². The number of carbonyl (C=O) groups is 1. The van der Waals surface area contributed by atoms with Crippen LogP contribution in [0.3, 0.4) is 0 Å². The molecule has 1 unspecified atom stereocenters. The van der Waals surface area contributed by atoms with E-state index in [1.165, 1.54) is 12.4 Å². The fourth-order valence-electron chi connectivity index (χ4n) is 0.861. The normalized spacial score (nSPS) is 12.4. The van der Waals surface area contributed by atoms with E-state index in [1.54, 1.807) is 0 Å². The van der Waals surface area contributed by atoms with E-state index in [1.807, 2.05) is 0 Å². The van der Waals surface area contributed by atoms with Crippen LogP contribution in [0.4, 0.5) is 0 Å². The van der Waals surface area contributed by atoms with Gasteiger partial charge in [0, 0.05) is 6.20 Å². The summed E-state index contributed by atoms with van der Waals surface area (Å²) < 4.78 is 1.14. The number of aromatic nitrogens is 2. The summed E-state index contributed by atoms with van der Waals surface area (Å²) in [7, 11) is 0. The highest BCUT2D eigenvalue weighted by Gasteiger charge is 2.10. The third-order valence-corrected chi connectivity index (χ3v) is 1.78. The number of halogens is 1. The second-order valence-corrected chi connectivity index (χ2v) is 3.15. The third kappa shape index (κ3) is 2.54. The number of hydrogen-bond acceptors (Lipinski definition) is 4. The molecule has 14 heavy (non-hydrogen) atoms. The lowest BCUT2D eigenvalue weighted by Gasteiger charge is -2.08. The molecule has 0 aliphatic carbocycles. The Hall–Kier alpha value is -1.40. The summed E-state index contributed by atoms with van der Waals surface area (Å²) in [5, 5.41) is 0.293. The molecule has 4 N–H and O–H groups in total. The Morgan fingerprint density at radius 3 is 2.93 bits per heavy atom. The third-order valence-electron chi connectivity index (χ3n) is 1.58. The van der Waals surface area contributed by atoms with Crippen molar-refractivity contribution in [3.05, 3.63) is 27.9 Å². The van der Waals surface area contributed by atoms with Crippen LogP contribution in [0.15, 0.2) is 17.2 Å². The van der Waals surface area contributed by atoms with Crippen molar-refractivity contribution >= 4 is 17.5 Å². The Morgan fingerprint density at radius 1 is 1.71 bits per heavy atom. The molecule has 0 bridgehead atoms. The van der Waals surface area contributed by atoms with Crippen molar-refractivity contribution in [1.29, 1.82) is 0 Å². The Bertz CT molecular complexity index is 403. The zero-order valence-corrected chi connectivity index (χ0v) is 7.94. The number of carbonyl (C=O) groups excluding carboxylic acids is 1. The minimum absolute atomic E-state index is 0.0261. The highest BCUT2D eigenvalue weighted by Crippen LogP contribution is 2.01. The first-order chi connectivity index (χ1) is 6.50. The van der Waals surface area contributed by atoms with E-state index >= 15 is 0 Å². The van der Waals surface area contributed by atoms with Crippen molar-refractivity contribution in [3.8, 4) is 0 Å². The largest absolute Gasteiger partial charge is 0.368 e. The Morgan fingerprint density at radius 2 is 2.36 bits per heavy atom. The van der Waals surface area contributed by atoms with Gasteiger partial charge < -0.3 is 11.5 Å². The van der Waals surface area contributed by atoms with E-state index in [0.29, 0.717) is 5.02 Å². The molecule has 1 heterocycles. The fraction of sp³-hybridized carbons (Fsp3) is 0.286. The molecule has 1 amide bonds. The molecule has 1 aromatic heterocycles. The van der Waals surface area contributed by atoms with Crippen LogP contribution >= 0.6 is 11.6 Å². The molecule has 0 saturated heterocycles. The topological polar surface area (TPSA) is 104 Å². The molecule has 0 aliphatic heterocycles. The molecule has 0 radical (unpaired) electrons. The molecule has 0 saturated carbocycles. The molecule has 0 aromatic carbocycles. The van der Waals surface area contributed by atoms with Crippen molar-refractivity contribution in [3.63, 3.8) is 0 Å². The Kier molecular flexibility index (Phi) is 3.21.